The summed E-state index contributed by atoms with van der Waals surface area (Å²) in [5.74, 6) is -0.475. The van der Waals surface area contributed by atoms with Gasteiger partial charge in [-0.25, -0.2) is 4.39 Å². The fraction of sp³-hybridized carbons (Fsp3) is 0.292. The Morgan fingerprint density at radius 2 is 1.81 bits per heavy atom. The Balaban J connectivity index is 1.44. The molecule has 1 aliphatic heterocycles. The zero-order valence-electron chi connectivity index (χ0n) is 17.3. The largest absolute Gasteiger partial charge is 0.481 e. The van der Waals surface area contributed by atoms with Crippen molar-refractivity contribution >= 4 is 22.7 Å². The number of ether oxygens (including phenoxy) is 1. The monoisotopic (exact) mass is 421 g/mol. The molecule has 2 N–H and O–H groups in total. The van der Waals surface area contributed by atoms with Gasteiger partial charge in [0, 0.05) is 24.4 Å². The summed E-state index contributed by atoms with van der Waals surface area (Å²) in [5, 5.41) is 0.874. The normalized spacial score (nSPS) is 15.6. The van der Waals surface area contributed by atoms with Gasteiger partial charge >= 0.3 is 0 Å². The number of piperidine rings is 1. The first-order valence-electron chi connectivity index (χ1n) is 10.3. The minimum absolute atomic E-state index is 0.0458. The number of amides is 2. The SMILES string of the molecule is C[C@@H](Oc1ccc(F)cc1)C(=O)N1CCC(c2nc3ccccc3cc2C(N)=O)CC1. The van der Waals surface area contributed by atoms with Gasteiger partial charge in [-0.1, -0.05) is 18.2 Å². The second kappa shape index (κ2) is 8.71. The fourth-order valence-electron chi connectivity index (χ4n) is 4.04. The van der Waals surface area contributed by atoms with Crippen molar-refractivity contribution in [2.24, 2.45) is 5.73 Å². The molecule has 0 aliphatic carbocycles. The summed E-state index contributed by atoms with van der Waals surface area (Å²) in [7, 11) is 0. The topological polar surface area (TPSA) is 85.5 Å². The Hall–Kier alpha value is -3.48. The number of halogens is 1. The first-order chi connectivity index (χ1) is 14.9. The van der Waals surface area contributed by atoms with Crippen molar-refractivity contribution in [1.82, 2.24) is 9.88 Å². The van der Waals surface area contributed by atoms with Gasteiger partial charge in [0.2, 0.25) is 0 Å². The van der Waals surface area contributed by atoms with Crippen molar-refractivity contribution in [3.8, 4) is 5.75 Å². The Morgan fingerprint density at radius 1 is 1.13 bits per heavy atom. The van der Waals surface area contributed by atoms with E-state index >= 15 is 0 Å². The van der Waals surface area contributed by atoms with Crippen LogP contribution in [0.1, 0.15) is 41.7 Å². The minimum atomic E-state index is -0.679. The van der Waals surface area contributed by atoms with Crippen LogP contribution in [0.4, 0.5) is 4.39 Å². The number of carbonyl (C=O) groups excluding carboxylic acids is 2. The summed E-state index contributed by atoms with van der Waals surface area (Å²) in [5.41, 5.74) is 7.59. The van der Waals surface area contributed by atoms with E-state index in [1.54, 1.807) is 17.9 Å². The van der Waals surface area contributed by atoms with Crippen molar-refractivity contribution in [3.05, 3.63) is 71.7 Å². The summed E-state index contributed by atoms with van der Waals surface area (Å²) in [6, 6.07) is 15.0. The van der Waals surface area contributed by atoms with E-state index in [1.165, 1.54) is 24.3 Å². The number of fused-ring (bicyclic) bond motifs is 1. The fourth-order valence-corrected chi connectivity index (χ4v) is 4.04. The standard InChI is InChI=1S/C24H24FN3O3/c1-15(31-19-8-6-18(25)7-9-19)24(30)28-12-10-16(11-13-28)22-20(23(26)29)14-17-4-2-3-5-21(17)27-22/h2-9,14-16H,10-13H2,1H3,(H2,26,29)/t15-/m1/s1. The number of aromatic nitrogens is 1. The number of rotatable bonds is 5. The predicted octanol–water partition coefficient (Wildman–Crippen LogP) is 3.65. The van der Waals surface area contributed by atoms with Gasteiger partial charge in [-0.3, -0.25) is 14.6 Å². The maximum absolute atomic E-state index is 13.0. The molecule has 7 heteroatoms. The molecule has 0 unspecified atom stereocenters. The van der Waals surface area contributed by atoms with E-state index in [1.807, 2.05) is 24.3 Å². The molecule has 1 aromatic heterocycles. The van der Waals surface area contributed by atoms with Crippen LogP contribution in [0.2, 0.25) is 0 Å². The molecular weight excluding hydrogens is 397 g/mol. The third-order valence-electron chi connectivity index (χ3n) is 5.69. The number of primary amides is 1. The van der Waals surface area contributed by atoms with E-state index in [-0.39, 0.29) is 17.6 Å². The third-order valence-corrected chi connectivity index (χ3v) is 5.69. The van der Waals surface area contributed by atoms with Gasteiger partial charge in [-0.15, -0.1) is 0 Å². The summed E-state index contributed by atoms with van der Waals surface area (Å²) in [4.78, 5) is 31.3. The van der Waals surface area contributed by atoms with Gasteiger partial charge in [-0.05, 0) is 56.2 Å². The van der Waals surface area contributed by atoms with Crippen molar-refractivity contribution in [3.63, 3.8) is 0 Å². The number of hydrogen-bond acceptors (Lipinski definition) is 4. The van der Waals surface area contributed by atoms with Gasteiger partial charge < -0.3 is 15.4 Å². The summed E-state index contributed by atoms with van der Waals surface area (Å²) in [6.07, 6.45) is 0.684. The van der Waals surface area contributed by atoms with Crippen LogP contribution in [0.15, 0.2) is 54.6 Å². The highest BCUT2D eigenvalue weighted by atomic mass is 19.1. The molecule has 3 aromatic rings. The molecule has 2 amide bonds. The lowest BCUT2D eigenvalue weighted by Gasteiger charge is -2.33. The van der Waals surface area contributed by atoms with Crippen LogP contribution in [-0.4, -0.2) is 40.9 Å². The number of pyridine rings is 1. The highest BCUT2D eigenvalue weighted by molar-refractivity contribution is 5.97. The van der Waals surface area contributed by atoms with Crippen molar-refractivity contribution < 1.29 is 18.7 Å². The lowest BCUT2D eigenvalue weighted by molar-refractivity contribution is -0.139. The maximum atomic E-state index is 13.0. The first-order valence-corrected chi connectivity index (χ1v) is 10.3. The zero-order chi connectivity index (χ0) is 22.0. The van der Waals surface area contributed by atoms with Crippen molar-refractivity contribution in [2.45, 2.75) is 31.8 Å². The molecule has 2 heterocycles. The molecule has 4 rings (SSSR count). The quantitative estimate of drug-likeness (QED) is 0.682. The number of nitrogens with zero attached hydrogens (tertiary/aromatic N) is 2. The molecule has 6 nitrogen and oxygen atoms in total. The predicted molar refractivity (Wildman–Crippen MR) is 115 cm³/mol. The summed E-state index contributed by atoms with van der Waals surface area (Å²) >= 11 is 0. The van der Waals surface area contributed by atoms with E-state index in [4.69, 9.17) is 15.5 Å². The molecule has 1 saturated heterocycles. The molecule has 2 aromatic carbocycles. The van der Waals surface area contributed by atoms with Crippen LogP contribution < -0.4 is 10.5 Å². The van der Waals surface area contributed by atoms with Gasteiger partial charge in [0.05, 0.1) is 16.8 Å². The van der Waals surface area contributed by atoms with Crippen LogP contribution in [0, 0.1) is 5.82 Å². The molecule has 160 valence electrons. The van der Waals surface area contributed by atoms with E-state index in [0.717, 1.165) is 10.9 Å². The van der Waals surface area contributed by atoms with Gasteiger partial charge in [0.15, 0.2) is 6.10 Å². The average Bonchev–Trinajstić information content (AvgIpc) is 2.79. The third kappa shape index (κ3) is 4.50. The first kappa shape index (κ1) is 20.8. The van der Waals surface area contributed by atoms with E-state index < -0.39 is 12.0 Å². The average molecular weight is 421 g/mol. The molecule has 0 bridgehead atoms. The van der Waals surface area contributed by atoms with E-state index in [9.17, 15) is 14.0 Å². The smallest absolute Gasteiger partial charge is 0.263 e. The van der Waals surface area contributed by atoms with Gasteiger partial charge in [0.1, 0.15) is 11.6 Å². The summed E-state index contributed by atoms with van der Waals surface area (Å²) in [6.45, 7) is 2.76. The molecule has 0 saturated carbocycles. The zero-order valence-corrected chi connectivity index (χ0v) is 17.3. The summed E-state index contributed by atoms with van der Waals surface area (Å²) < 4.78 is 18.7. The molecule has 1 fully saturated rings. The number of benzene rings is 2. The second-order valence-corrected chi connectivity index (χ2v) is 7.79. The van der Waals surface area contributed by atoms with Crippen molar-refractivity contribution in [1.29, 1.82) is 0 Å². The number of hydrogen-bond donors (Lipinski definition) is 1. The maximum Gasteiger partial charge on any atom is 0.263 e. The van der Waals surface area contributed by atoms with Crippen LogP contribution in [0.3, 0.4) is 0 Å². The van der Waals surface area contributed by atoms with Crippen LogP contribution in [0.5, 0.6) is 5.75 Å². The molecular formula is C24H24FN3O3. The number of para-hydroxylation sites is 1. The second-order valence-electron chi connectivity index (χ2n) is 7.79. The van der Waals surface area contributed by atoms with Crippen LogP contribution in [-0.2, 0) is 4.79 Å². The van der Waals surface area contributed by atoms with Crippen LogP contribution >= 0.6 is 0 Å². The number of likely N-dealkylation sites (tertiary alicyclic amines) is 1. The lowest BCUT2D eigenvalue weighted by Crippen LogP contribution is -2.44. The number of nitrogens with two attached hydrogens (primary N) is 1. The van der Waals surface area contributed by atoms with E-state index in [0.29, 0.717) is 42.9 Å². The highest BCUT2D eigenvalue weighted by Gasteiger charge is 2.30. The highest BCUT2D eigenvalue weighted by Crippen LogP contribution is 2.31. The Kier molecular flexibility index (Phi) is 5.84. The molecule has 0 spiro atoms. The molecule has 0 radical (unpaired) electrons. The number of carbonyl (C=O) groups is 2. The van der Waals surface area contributed by atoms with Gasteiger partial charge in [0.25, 0.3) is 11.8 Å². The van der Waals surface area contributed by atoms with Crippen LogP contribution in [0.25, 0.3) is 10.9 Å². The Bertz CT molecular complexity index is 1110. The molecule has 1 atom stereocenters. The molecule has 1 aliphatic rings. The van der Waals surface area contributed by atoms with Gasteiger partial charge in [-0.2, -0.15) is 0 Å². The lowest BCUT2D eigenvalue weighted by atomic mass is 9.89. The Morgan fingerprint density at radius 3 is 2.48 bits per heavy atom. The molecule has 31 heavy (non-hydrogen) atoms. The van der Waals surface area contributed by atoms with E-state index in [2.05, 4.69) is 0 Å². The van der Waals surface area contributed by atoms with Crippen molar-refractivity contribution in [2.75, 3.05) is 13.1 Å². The minimum Gasteiger partial charge on any atom is -0.481 e. The Labute approximate surface area is 179 Å².